The number of rotatable bonds is 3. The first-order valence-electron chi connectivity index (χ1n) is 8.73. The van der Waals surface area contributed by atoms with Gasteiger partial charge in [0.05, 0.1) is 0 Å². The third kappa shape index (κ3) is 2.45. The number of imide groups is 1. The van der Waals surface area contributed by atoms with E-state index in [1.54, 1.807) is 11.8 Å². The molecule has 3 N–H and O–H groups in total. The Balaban J connectivity index is 1.55. The van der Waals surface area contributed by atoms with Crippen molar-refractivity contribution < 1.29 is 14.4 Å². The van der Waals surface area contributed by atoms with Crippen LogP contribution >= 0.6 is 0 Å². The molecule has 0 radical (unpaired) electrons. The molecule has 1 aromatic carbocycles. The van der Waals surface area contributed by atoms with Crippen molar-refractivity contribution in [1.82, 2.24) is 10.2 Å². The quantitative estimate of drug-likeness (QED) is 0.639. The zero-order valence-electron chi connectivity index (χ0n) is 14.2. The molecule has 4 amide bonds. The van der Waals surface area contributed by atoms with Gasteiger partial charge in [0.25, 0.3) is 5.91 Å². The first-order chi connectivity index (χ1) is 11.9. The molecule has 7 nitrogen and oxygen atoms in total. The van der Waals surface area contributed by atoms with Gasteiger partial charge in [-0.1, -0.05) is 6.07 Å². The highest BCUT2D eigenvalue weighted by Gasteiger charge is 2.56. The van der Waals surface area contributed by atoms with Crippen molar-refractivity contribution in [2.45, 2.75) is 38.1 Å². The van der Waals surface area contributed by atoms with Gasteiger partial charge in [-0.2, -0.15) is 0 Å². The third-order valence-electron chi connectivity index (χ3n) is 5.58. The van der Waals surface area contributed by atoms with Crippen LogP contribution in [-0.2, 0) is 16.0 Å². The van der Waals surface area contributed by atoms with E-state index in [1.165, 1.54) is 0 Å². The van der Waals surface area contributed by atoms with Gasteiger partial charge >= 0.3 is 6.03 Å². The molecule has 7 heteroatoms. The molecule has 1 unspecified atom stereocenters. The second-order valence-electron chi connectivity index (χ2n) is 7.29. The predicted molar refractivity (Wildman–Crippen MR) is 92.9 cm³/mol. The summed E-state index contributed by atoms with van der Waals surface area (Å²) in [5.74, 6) is -0.368. The molecule has 0 aromatic heterocycles. The van der Waals surface area contributed by atoms with E-state index in [0.717, 1.165) is 41.8 Å². The number of hydrogen-bond acceptors (Lipinski definition) is 4. The monoisotopic (exact) mass is 342 g/mol. The van der Waals surface area contributed by atoms with E-state index in [1.807, 2.05) is 18.2 Å². The molecule has 1 saturated heterocycles. The normalized spacial score (nSPS) is 25.8. The molecule has 1 aliphatic carbocycles. The van der Waals surface area contributed by atoms with Crippen molar-refractivity contribution in [2.24, 2.45) is 5.92 Å². The average molecular weight is 342 g/mol. The number of hydrogen-bond donors (Lipinski definition) is 2. The van der Waals surface area contributed by atoms with E-state index in [4.69, 9.17) is 5.73 Å². The molecule has 0 bridgehead atoms. The van der Waals surface area contributed by atoms with Gasteiger partial charge in [0, 0.05) is 17.9 Å². The highest BCUT2D eigenvalue weighted by Crippen LogP contribution is 2.42. The molecular formula is C18H22N4O3. The van der Waals surface area contributed by atoms with Crippen molar-refractivity contribution in [3.8, 4) is 0 Å². The van der Waals surface area contributed by atoms with Gasteiger partial charge in [0.15, 0.2) is 0 Å². The van der Waals surface area contributed by atoms with Crippen LogP contribution < -0.4 is 16.0 Å². The van der Waals surface area contributed by atoms with Gasteiger partial charge in [-0.25, -0.2) is 4.79 Å². The predicted octanol–water partition coefficient (Wildman–Crippen LogP) is 1.27. The number of nitrogens with two attached hydrogens (primary N) is 1. The van der Waals surface area contributed by atoms with Gasteiger partial charge in [0.1, 0.15) is 12.1 Å². The Morgan fingerprint density at radius 3 is 2.84 bits per heavy atom. The Morgan fingerprint density at radius 2 is 2.12 bits per heavy atom. The zero-order valence-corrected chi connectivity index (χ0v) is 14.2. The fourth-order valence-electron chi connectivity index (χ4n) is 3.93. The maximum Gasteiger partial charge on any atom is 0.325 e. The van der Waals surface area contributed by atoms with Crippen LogP contribution in [0.2, 0.25) is 0 Å². The Kier molecular flexibility index (Phi) is 3.49. The topological polar surface area (TPSA) is 95.7 Å². The minimum Gasteiger partial charge on any atom is -0.398 e. The van der Waals surface area contributed by atoms with Gasteiger partial charge in [-0.05, 0) is 56.2 Å². The summed E-state index contributed by atoms with van der Waals surface area (Å²) >= 11 is 0. The average Bonchev–Trinajstić information content (AvgIpc) is 3.41. The Hall–Kier alpha value is -2.57. The second kappa shape index (κ2) is 5.47. The van der Waals surface area contributed by atoms with Crippen molar-refractivity contribution in [1.29, 1.82) is 0 Å². The number of fused-ring (bicyclic) bond motifs is 1. The lowest BCUT2D eigenvalue weighted by molar-refractivity contribution is -0.134. The van der Waals surface area contributed by atoms with Crippen LogP contribution in [-0.4, -0.2) is 41.4 Å². The maximum absolute atomic E-state index is 12.8. The highest BCUT2D eigenvalue weighted by molar-refractivity contribution is 6.10. The van der Waals surface area contributed by atoms with Crippen LogP contribution in [0.4, 0.5) is 16.2 Å². The van der Waals surface area contributed by atoms with Crippen LogP contribution in [0.15, 0.2) is 18.2 Å². The first-order valence-corrected chi connectivity index (χ1v) is 8.73. The molecule has 132 valence electrons. The molecule has 0 spiro atoms. The Morgan fingerprint density at radius 1 is 1.36 bits per heavy atom. The van der Waals surface area contributed by atoms with E-state index in [-0.39, 0.29) is 24.3 Å². The van der Waals surface area contributed by atoms with E-state index in [0.29, 0.717) is 12.2 Å². The van der Waals surface area contributed by atoms with Gasteiger partial charge in [0.2, 0.25) is 5.91 Å². The van der Waals surface area contributed by atoms with Crippen LogP contribution in [0.5, 0.6) is 0 Å². The van der Waals surface area contributed by atoms with E-state index in [2.05, 4.69) is 5.32 Å². The van der Waals surface area contributed by atoms with E-state index < -0.39 is 11.6 Å². The largest absolute Gasteiger partial charge is 0.398 e. The Bertz CT molecular complexity index is 774. The number of nitrogen functional groups attached to an aromatic ring is 1. The molecule has 1 saturated carbocycles. The fourth-order valence-corrected chi connectivity index (χ4v) is 3.93. The lowest BCUT2D eigenvalue weighted by atomic mass is 9.96. The van der Waals surface area contributed by atoms with Crippen molar-refractivity contribution in [3.63, 3.8) is 0 Å². The van der Waals surface area contributed by atoms with Gasteiger partial charge < -0.3 is 16.0 Å². The number of anilines is 2. The summed E-state index contributed by atoms with van der Waals surface area (Å²) in [7, 11) is 0. The summed E-state index contributed by atoms with van der Waals surface area (Å²) in [6.07, 6.45) is 3.51. The minimum absolute atomic E-state index is 0.180. The minimum atomic E-state index is -0.860. The Labute approximate surface area is 146 Å². The summed E-state index contributed by atoms with van der Waals surface area (Å²) in [4.78, 5) is 40.5. The molecule has 3 aliphatic rings. The van der Waals surface area contributed by atoms with Crippen LogP contribution in [0.3, 0.4) is 0 Å². The number of benzene rings is 1. The van der Waals surface area contributed by atoms with Gasteiger partial charge in [-0.15, -0.1) is 0 Å². The molecular weight excluding hydrogens is 320 g/mol. The lowest BCUT2D eigenvalue weighted by Gasteiger charge is -2.31. The number of nitrogens with zero attached hydrogens (tertiary/aromatic N) is 2. The zero-order chi connectivity index (χ0) is 17.8. The number of urea groups is 1. The highest BCUT2D eigenvalue weighted by atomic mass is 16.2. The summed E-state index contributed by atoms with van der Waals surface area (Å²) in [6, 6.07) is 5.03. The molecule has 2 heterocycles. The van der Waals surface area contributed by atoms with Crippen LogP contribution in [0.25, 0.3) is 0 Å². The molecule has 2 aliphatic heterocycles. The standard InChI is InChI=1S/C18H22N4O3/c1-18(11-7-8-11)16(24)22(17(25)20-18)10-15(23)21-9-3-4-12-13(19)5-2-6-14(12)21/h2,5-6,11H,3-4,7-10,19H2,1H3,(H,20,25). The molecule has 1 aromatic rings. The fraction of sp³-hybridized carbons (Fsp3) is 0.500. The summed E-state index contributed by atoms with van der Waals surface area (Å²) < 4.78 is 0. The molecule has 25 heavy (non-hydrogen) atoms. The number of carbonyl (C=O) groups excluding carboxylic acids is 3. The third-order valence-corrected chi connectivity index (χ3v) is 5.58. The first kappa shape index (κ1) is 15.9. The van der Waals surface area contributed by atoms with Crippen molar-refractivity contribution in [2.75, 3.05) is 23.7 Å². The second-order valence-corrected chi connectivity index (χ2v) is 7.29. The summed E-state index contributed by atoms with van der Waals surface area (Å²) in [6.45, 7) is 2.09. The van der Waals surface area contributed by atoms with Crippen molar-refractivity contribution in [3.05, 3.63) is 23.8 Å². The molecule has 2 fully saturated rings. The van der Waals surface area contributed by atoms with Crippen LogP contribution in [0, 0.1) is 5.92 Å². The number of carbonyl (C=O) groups is 3. The molecule has 1 atom stereocenters. The maximum atomic E-state index is 12.8. The number of nitrogens with one attached hydrogen (secondary N) is 1. The van der Waals surface area contributed by atoms with E-state index in [9.17, 15) is 14.4 Å². The SMILES string of the molecule is CC1(C2CC2)NC(=O)N(CC(=O)N2CCCc3c(N)cccc32)C1=O. The summed E-state index contributed by atoms with van der Waals surface area (Å²) in [5.41, 5.74) is 7.58. The van der Waals surface area contributed by atoms with E-state index >= 15 is 0 Å². The van der Waals surface area contributed by atoms with Crippen LogP contribution in [0.1, 0.15) is 31.7 Å². The smallest absolute Gasteiger partial charge is 0.325 e. The number of amides is 4. The van der Waals surface area contributed by atoms with Gasteiger partial charge in [-0.3, -0.25) is 14.5 Å². The molecule has 4 rings (SSSR count). The lowest BCUT2D eigenvalue weighted by Crippen LogP contribution is -2.48. The van der Waals surface area contributed by atoms with Crippen molar-refractivity contribution >= 4 is 29.2 Å². The summed E-state index contributed by atoms with van der Waals surface area (Å²) in [5, 5.41) is 2.78.